The highest BCUT2D eigenvalue weighted by atomic mass is 79.9. The molecule has 6 amide bonds. The van der Waals surface area contributed by atoms with Gasteiger partial charge in [-0.1, -0.05) is 22.9 Å². The summed E-state index contributed by atoms with van der Waals surface area (Å²) in [7, 11) is 0. The molecule has 4 heterocycles. The lowest BCUT2D eigenvalue weighted by Gasteiger charge is -2.20. The van der Waals surface area contributed by atoms with Gasteiger partial charge in [0.1, 0.15) is 48.6 Å². The molecule has 0 aliphatic carbocycles. The minimum Gasteiger partial charge on any atom is -0.444 e. The maximum absolute atomic E-state index is 11.6. The summed E-state index contributed by atoms with van der Waals surface area (Å²) >= 11 is 3.15. The molecule has 4 atom stereocenters. The van der Waals surface area contributed by atoms with Gasteiger partial charge in [-0.25, -0.2) is 30.7 Å². The van der Waals surface area contributed by atoms with Crippen molar-refractivity contribution in [3.8, 4) is 0 Å². The van der Waals surface area contributed by atoms with Gasteiger partial charge >= 0.3 is 12.2 Å². The van der Waals surface area contributed by atoms with E-state index in [2.05, 4.69) is 47.2 Å². The van der Waals surface area contributed by atoms with E-state index >= 15 is 0 Å². The van der Waals surface area contributed by atoms with Gasteiger partial charge in [0.15, 0.2) is 0 Å². The monoisotopic (exact) mass is 772 g/mol. The fraction of sp³-hybridized carbons (Fsp3) is 0.786. The minimum absolute atomic E-state index is 0.113. The van der Waals surface area contributed by atoms with Gasteiger partial charge < -0.3 is 31.6 Å². The zero-order valence-electron chi connectivity index (χ0n) is 29.6. The van der Waals surface area contributed by atoms with Crippen LogP contribution in [0.2, 0.25) is 0 Å². The van der Waals surface area contributed by atoms with Gasteiger partial charge in [0.05, 0.1) is 13.2 Å². The Morgan fingerprint density at radius 2 is 1.16 bits per heavy atom. The Morgan fingerprint density at radius 1 is 0.735 bits per heavy atom. The van der Waals surface area contributed by atoms with Crippen LogP contribution in [0.1, 0.15) is 62.3 Å². The Morgan fingerprint density at radius 3 is 1.45 bits per heavy atom. The quantitative estimate of drug-likeness (QED) is 0.197. The molecule has 0 radical (unpaired) electrons. The van der Waals surface area contributed by atoms with Crippen molar-refractivity contribution in [2.24, 2.45) is 11.5 Å². The number of ether oxygens (including phenoxy) is 2. The summed E-state index contributed by atoms with van der Waals surface area (Å²) in [5.41, 5.74) is 13.6. The number of alkyl halides is 1. The molecule has 0 aromatic carbocycles. The third kappa shape index (κ3) is 19.4. The zero-order chi connectivity index (χ0) is 37.9. The largest absolute Gasteiger partial charge is 0.444 e. The average molecular weight is 774 g/mol. The molecule has 4 saturated heterocycles. The lowest BCUT2D eigenvalue weighted by molar-refractivity contribution is -0.160. The number of nitrogens with two attached hydrogens (primary N) is 2. The SMILES string of the molecule is CC(C)(C)OC(=O)N[C@@H]1CONC1=O.CCBr.CCN1OC[C@@H](N)C1=O.CCN1OC[C@@H](NC(=O)OC(C)(C)C)C1=O.N[C@@H]1CONC1=O. The maximum atomic E-state index is 11.6. The first-order valence-electron chi connectivity index (χ1n) is 15.5. The summed E-state index contributed by atoms with van der Waals surface area (Å²) in [6.07, 6.45) is -1.23. The number of hydrogen-bond donors (Lipinski definition) is 6. The van der Waals surface area contributed by atoms with Crippen molar-refractivity contribution in [1.29, 1.82) is 0 Å². The van der Waals surface area contributed by atoms with E-state index in [1.165, 1.54) is 10.1 Å². The maximum Gasteiger partial charge on any atom is 0.408 e. The fourth-order valence-electron chi connectivity index (χ4n) is 3.26. The number of amides is 6. The highest BCUT2D eigenvalue weighted by Crippen LogP contribution is 2.11. The van der Waals surface area contributed by atoms with Gasteiger partial charge in [-0.05, 0) is 55.4 Å². The predicted octanol–water partition coefficient (Wildman–Crippen LogP) is -0.502. The lowest BCUT2D eigenvalue weighted by atomic mass is 10.2. The van der Waals surface area contributed by atoms with Crippen molar-refractivity contribution in [3.63, 3.8) is 0 Å². The Bertz CT molecular complexity index is 1090. The molecule has 0 aromatic heterocycles. The molecule has 4 aliphatic heterocycles. The lowest BCUT2D eigenvalue weighted by Crippen LogP contribution is -2.44. The molecule has 0 aromatic rings. The normalized spacial score (nSPS) is 22.9. The van der Waals surface area contributed by atoms with Gasteiger partial charge in [-0.2, -0.15) is 0 Å². The molecule has 284 valence electrons. The van der Waals surface area contributed by atoms with Crippen LogP contribution < -0.4 is 33.1 Å². The number of likely N-dealkylation sites (N-methyl/N-ethyl adjacent to an activating group) is 2. The van der Waals surface area contributed by atoms with Gasteiger partial charge in [0.2, 0.25) is 0 Å². The molecule has 49 heavy (non-hydrogen) atoms. The Balaban J connectivity index is 0.000000634. The molecular formula is C28H53BrN8O12. The fourth-order valence-corrected chi connectivity index (χ4v) is 3.26. The first kappa shape index (κ1) is 45.7. The van der Waals surface area contributed by atoms with Gasteiger partial charge in [0.25, 0.3) is 23.6 Å². The first-order valence-corrected chi connectivity index (χ1v) is 16.6. The van der Waals surface area contributed by atoms with E-state index in [0.717, 1.165) is 5.33 Å². The van der Waals surface area contributed by atoms with E-state index in [-0.39, 0.29) is 36.8 Å². The van der Waals surface area contributed by atoms with E-state index in [1.54, 1.807) is 48.5 Å². The Kier molecular flexibility index (Phi) is 20.9. The number of hydroxylamine groups is 6. The second kappa shape index (κ2) is 22.4. The predicted molar refractivity (Wildman–Crippen MR) is 177 cm³/mol. The number of nitrogens with one attached hydrogen (secondary N) is 4. The van der Waals surface area contributed by atoms with E-state index in [1.807, 2.05) is 13.8 Å². The van der Waals surface area contributed by atoms with Gasteiger partial charge in [0, 0.05) is 18.4 Å². The summed E-state index contributed by atoms with van der Waals surface area (Å²) in [5.74, 6) is -0.957. The average Bonchev–Trinajstić information content (AvgIpc) is 3.74. The molecule has 4 aliphatic rings. The Labute approximate surface area is 294 Å². The minimum atomic E-state index is -0.662. The van der Waals surface area contributed by atoms with E-state index in [9.17, 15) is 28.8 Å². The molecule has 0 unspecified atom stereocenters. The van der Waals surface area contributed by atoms with Crippen LogP contribution in [0.15, 0.2) is 0 Å². The van der Waals surface area contributed by atoms with Crippen molar-refractivity contribution in [2.75, 3.05) is 44.8 Å². The second-order valence-corrected chi connectivity index (χ2v) is 13.2. The van der Waals surface area contributed by atoms with E-state index in [0.29, 0.717) is 26.3 Å². The van der Waals surface area contributed by atoms with Gasteiger partial charge in [-0.15, -0.1) is 0 Å². The van der Waals surface area contributed by atoms with Crippen molar-refractivity contribution in [3.05, 3.63) is 0 Å². The molecule has 0 spiro atoms. The third-order valence-electron chi connectivity index (χ3n) is 5.38. The zero-order valence-corrected chi connectivity index (χ0v) is 31.2. The number of carbonyl (C=O) groups is 6. The Hall–Kier alpha value is -3.34. The van der Waals surface area contributed by atoms with Crippen LogP contribution in [-0.4, -0.2) is 126 Å². The smallest absolute Gasteiger partial charge is 0.408 e. The van der Waals surface area contributed by atoms with Crippen LogP contribution in [0.4, 0.5) is 9.59 Å². The van der Waals surface area contributed by atoms with Crippen molar-refractivity contribution in [2.45, 2.75) is 97.7 Å². The standard InChI is InChI=1S/C10H18N2O4.C8H14N2O4.C5H10N2O2.C3H6N2O2.C2H5Br/c1-5-12-8(13)7(6-15-12)11-9(14)16-10(2,3)4;1-8(2,3)14-7(12)9-5-4-13-10-6(5)11;1-2-7-5(8)4(6)3-9-7;4-2-1-7-5-3(2)6;1-2-3/h7H,5-6H2,1-4H3,(H,11,14);5H,4H2,1-3H3,(H,9,12)(H,10,11);4H,2-3,6H2,1H3;2H,1,4H2,(H,5,6);2H2,1H3/t7-;5-;4-;2-;/m1111./s1. The number of rotatable bonds is 4. The van der Waals surface area contributed by atoms with Crippen molar-refractivity contribution < 1.29 is 57.6 Å². The molecule has 0 saturated carbocycles. The van der Waals surface area contributed by atoms with Crippen LogP contribution in [0.25, 0.3) is 0 Å². The van der Waals surface area contributed by atoms with Crippen LogP contribution >= 0.6 is 15.9 Å². The third-order valence-corrected chi connectivity index (χ3v) is 5.38. The summed E-state index contributed by atoms with van der Waals surface area (Å²) in [5, 5.41) is 8.43. The van der Waals surface area contributed by atoms with Crippen LogP contribution in [-0.2, 0) is 48.0 Å². The molecule has 8 N–H and O–H groups in total. The number of hydrogen-bond acceptors (Lipinski definition) is 14. The van der Waals surface area contributed by atoms with Crippen LogP contribution in [0.3, 0.4) is 0 Å². The van der Waals surface area contributed by atoms with E-state index < -0.39 is 47.6 Å². The topological polar surface area (TPSA) is 264 Å². The van der Waals surface area contributed by atoms with Crippen molar-refractivity contribution in [1.82, 2.24) is 31.7 Å². The van der Waals surface area contributed by atoms with Crippen LogP contribution in [0.5, 0.6) is 0 Å². The molecule has 4 rings (SSSR count). The summed E-state index contributed by atoms with van der Waals surface area (Å²) in [6, 6.07) is -2.20. The number of halogens is 1. The van der Waals surface area contributed by atoms with E-state index in [4.69, 9.17) is 30.6 Å². The number of nitrogens with zero attached hydrogens (tertiary/aromatic N) is 2. The highest BCUT2D eigenvalue weighted by Gasteiger charge is 2.34. The molecule has 21 heteroatoms. The second-order valence-electron chi connectivity index (χ2n) is 12.1. The number of carbonyl (C=O) groups excluding carboxylic acids is 6. The molecule has 0 bridgehead atoms. The number of alkyl carbamates (subject to hydrolysis) is 2. The highest BCUT2D eigenvalue weighted by molar-refractivity contribution is 9.09. The summed E-state index contributed by atoms with van der Waals surface area (Å²) in [4.78, 5) is 85.2. The van der Waals surface area contributed by atoms with Gasteiger partial charge in [-0.3, -0.25) is 38.5 Å². The molecule has 4 fully saturated rings. The molecule has 20 nitrogen and oxygen atoms in total. The van der Waals surface area contributed by atoms with Crippen molar-refractivity contribution >= 4 is 51.7 Å². The van der Waals surface area contributed by atoms with Crippen LogP contribution in [0, 0.1) is 0 Å². The summed E-state index contributed by atoms with van der Waals surface area (Å²) < 4.78 is 10.0. The molecular weight excluding hydrogens is 720 g/mol. The first-order chi connectivity index (χ1) is 22.7. The summed E-state index contributed by atoms with van der Waals surface area (Å²) in [6.45, 7) is 18.2.